The van der Waals surface area contributed by atoms with Crippen molar-refractivity contribution in [1.29, 1.82) is 0 Å². The first kappa shape index (κ1) is 17.9. The molecular weight excluding hydrogens is 357 g/mol. The number of halogens is 1. The van der Waals surface area contributed by atoms with E-state index in [1.54, 1.807) is 24.3 Å². The minimum Gasteiger partial charge on any atom is -0.325 e. The summed E-state index contributed by atoms with van der Waals surface area (Å²) in [6.07, 6.45) is 0. The van der Waals surface area contributed by atoms with Crippen LogP contribution in [-0.2, 0) is 14.4 Å². The minimum absolute atomic E-state index is 0.0435. The van der Waals surface area contributed by atoms with E-state index in [4.69, 9.17) is 0 Å². The van der Waals surface area contributed by atoms with E-state index in [1.807, 2.05) is 0 Å². The molecule has 6 nitrogen and oxygen atoms in total. The van der Waals surface area contributed by atoms with Crippen molar-refractivity contribution in [2.45, 2.75) is 0 Å². The summed E-state index contributed by atoms with van der Waals surface area (Å²) in [4.78, 5) is 37.5. The highest BCUT2D eigenvalue weighted by Gasteiger charge is 2.26. The third kappa shape index (κ3) is 4.40. The first-order chi connectivity index (χ1) is 12.5. The number of hydrogen-bond donors (Lipinski definition) is 2. The summed E-state index contributed by atoms with van der Waals surface area (Å²) in [7, 11) is 0. The molecule has 0 fully saturated rings. The Hall–Kier alpha value is -2.87. The Balaban J connectivity index is 1.52. The summed E-state index contributed by atoms with van der Waals surface area (Å²) >= 11 is 1.15. The van der Waals surface area contributed by atoms with E-state index in [0.717, 1.165) is 11.8 Å². The van der Waals surface area contributed by atoms with Crippen LogP contribution in [0.15, 0.2) is 48.5 Å². The Kier molecular flexibility index (Phi) is 5.52. The topological polar surface area (TPSA) is 78.5 Å². The van der Waals surface area contributed by atoms with Gasteiger partial charge in [-0.15, -0.1) is 11.8 Å². The second-order valence-electron chi connectivity index (χ2n) is 5.59. The maximum absolute atomic E-state index is 12.8. The summed E-state index contributed by atoms with van der Waals surface area (Å²) in [5, 5.41) is 5.35. The Morgan fingerprint density at radius 1 is 1.12 bits per heavy atom. The van der Waals surface area contributed by atoms with Crippen molar-refractivity contribution in [1.82, 2.24) is 0 Å². The highest BCUT2D eigenvalue weighted by atomic mass is 32.2. The van der Waals surface area contributed by atoms with E-state index < -0.39 is 0 Å². The predicted octanol–water partition coefficient (Wildman–Crippen LogP) is 2.48. The molecule has 0 atom stereocenters. The molecule has 8 heteroatoms. The molecule has 2 aromatic rings. The summed E-state index contributed by atoms with van der Waals surface area (Å²) in [6, 6.07) is 12.5. The van der Waals surface area contributed by atoms with Gasteiger partial charge in [-0.3, -0.25) is 14.4 Å². The summed E-state index contributed by atoms with van der Waals surface area (Å²) in [6.45, 7) is -0.0435. The number of thioether (sulfide) groups is 1. The number of carbonyl (C=O) groups excluding carboxylic acids is 3. The zero-order chi connectivity index (χ0) is 18.5. The number of rotatable bonds is 5. The van der Waals surface area contributed by atoms with Crippen molar-refractivity contribution in [2.24, 2.45) is 0 Å². The van der Waals surface area contributed by atoms with E-state index in [2.05, 4.69) is 10.6 Å². The second-order valence-corrected chi connectivity index (χ2v) is 6.58. The van der Waals surface area contributed by atoms with Crippen LogP contribution in [0.3, 0.4) is 0 Å². The van der Waals surface area contributed by atoms with Crippen molar-refractivity contribution < 1.29 is 18.8 Å². The average molecular weight is 373 g/mol. The van der Waals surface area contributed by atoms with E-state index in [0.29, 0.717) is 17.1 Å². The number of carbonyl (C=O) groups is 3. The number of para-hydroxylation sites is 2. The Morgan fingerprint density at radius 2 is 1.85 bits per heavy atom. The van der Waals surface area contributed by atoms with Crippen molar-refractivity contribution in [2.75, 3.05) is 33.6 Å². The quantitative estimate of drug-likeness (QED) is 0.844. The predicted molar refractivity (Wildman–Crippen MR) is 99.8 cm³/mol. The zero-order valence-corrected chi connectivity index (χ0v) is 14.5. The van der Waals surface area contributed by atoms with E-state index in [1.165, 1.54) is 29.2 Å². The second kappa shape index (κ2) is 8.01. The molecule has 2 aromatic carbocycles. The first-order valence-corrected chi connectivity index (χ1v) is 9.01. The van der Waals surface area contributed by atoms with E-state index in [9.17, 15) is 18.8 Å². The summed E-state index contributed by atoms with van der Waals surface area (Å²) in [5.41, 5.74) is 1.73. The van der Waals surface area contributed by atoms with Crippen molar-refractivity contribution in [3.05, 3.63) is 54.3 Å². The fraction of sp³-hybridized carbons (Fsp3) is 0.167. The van der Waals surface area contributed by atoms with E-state index >= 15 is 0 Å². The molecule has 1 aliphatic heterocycles. The molecule has 1 heterocycles. The molecule has 0 radical (unpaired) electrons. The Labute approximate surface area is 153 Å². The molecule has 0 spiro atoms. The molecule has 26 heavy (non-hydrogen) atoms. The lowest BCUT2D eigenvalue weighted by molar-refractivity contribution is -0.120. The fourth-order valence-corrected chi connectivity index (χ4v) is 3.19. The number of fused-ring (bicyclic) bond motifs is 1. The smallest absolute Gasteiger partial charge is 0.244 e. The monoisotopic (exact) mass is 373 g/mol. The van der Waals surface area contributed by atoms with Gasteiger partial charge in [0.2, 0.25) is 17.7 Å². The van der Waals surface area contributed by atoms with Crippen LogP contribution in [0.4, 0.5) is 21.5 Å². The Bertz CT molecular complexity index is 842. The molecule has 0 saturated heterocycles. The fourth-order valence-electron chi connectivity index (χ4n) is 2.49. The molecule has 0 aliphatic carbocycles. The first-order valence-electron chi connectivity index (χ1n) is 7.85. The molecule has 0 saturated carbocycles. The van der Waals surface area contributed by atoms with Crippen LogP contribution in [0.2, 0.25) is 0 Å². The third-order valence-electron chi connectivity index (χ3n) is 3.66. The van der Waals surface area contributed by atoms with Gasteiger partial charge < -0.3 is 15.5 Å². The van der Waals surface area contributed by atoms with Gasteiger partial charge in [-0.2, -0.15) is 0 Å². The SMILES string of the molecule is O=C(CSCC(=O)N1CC(=O)Nc2ccccc21)Nc1ccc(F)cc1. The average Bonchev–Trinajstić information content (AvgIpc) is 2.62. The van der Waals surface area contributed by atoms with Crippen LogP contribution in [0, 0.1) is 5.82 Å². The van der Waals surface area contributed by atoms with Gasteiger partial charge in [0.25, 0.3) is 0 Å². The van der Waals surface area contributed by atoms with E-state index in [-0.39, 0.29) is 41.6 Å². The summed E-state index contributed by atoms with van der Waals surface area (Å²) < 4.78 is 12.8. The molecule has 2 N–H and O–H groups in total. The highest BCUT2D eigenvalue weighted by molar-refractivity contribution is 8.00. The highest BCUT2D eigenvalue weighted by Crippen LogP contribution is 2.29. The third-order valence-corrected chi connectivity index (χ3v) is 4.58. The van der Waals surface area contributed by atoms with Gasteiger partial charge in [0.1, 0.15) is 12.4 Å². The molecule has 0 unspecified atom stereocenters. The lowest BCUT2D eigenvalue weighted by Gasteiger charge is -2.29. The van der Waals surface area contributed by atoms with Crippen molar-refractivity contribution in [3.63, 3.8) is 0 Å². The molecular formula is C18H16FN3O3S. The molecule has 0 bridgehead atoms. The minimum atomic E-state index is -0.381. The number of nitrogens with zero attached hydrogens (tertiary/aromatic N) is 1. The lowest BCUT2D eigenvalue weighted by Crippen LogP contribution is -2.43. The number of anilines is 3. The number of hydrogen-bond acceptors (Lipinski definition) is 4. The maximum Gasteiger partial charge on any atom is 0.244 e. The van der Waals surface area contributed by atoms with Crippen LogP contribution in [0.1, 0.15) is 0 Å². The standard InChI is InChI=1S/C18H16FN3O3S/c19-12-5-7-13(8-6-12)20-17(24)10-26-11-18(25)22-9-16(23)21-14-3-1-2-4-15(14)22/h1-8H,9-11H2,(H,20,24)(H,21,23). The number of amides is 3. The molecule has 3 rings (SSSR count). The van der Waals surface area contributed by atoms with Crippen LogP contribution >= 0.6 is 11.8 Å². The summed E-state index contributed by atoms with van der Waals surface area (Å²) in [5.74, 6) is -1.02. The normalized spacial score (nSPS) is 13.0. The number of benzene rings is 2. The van der Waals surface area contributed by atoms with Gasteiger partial charge in [-0.25, -0.2) is 4.39 Å². The van der Waals surface area contributed by atoms with Gasteiger partial charge in [0.05, 0.1) is 22.9 Å². The van der Waals surface area contributed by atoms with Crippen LogP contribution in [0.5, 0.6) is 0 Å². The molecule has 1 aliphatic rings. The molecule has 3 amide bonds. The van der Waals surface area contributed by atoms with Crippen molar-refractivity contribution >= 4 is 46.5 Å². The largest absolute Gasteiger partial charge is 0.325 e. The van der Waals surface area contributed by atoms with Gasteiger partial charge in [0.15, 0.2) is 0 Å². The van der Waals surface area contributed by atoms with Gasteiger partial charge in [0, 0.05) is 5.69 Å². The molecule has 0 aromatic heterocycles. The van der Waals surface area contributed by atoms with Crippen molar-refractivity contribution in [3.8, 4) is 0 Å². The lowest BCUT2D eigenvalue weighted by atomic mass is 10.2. The van der Waals surface area contributed by atoms with Crippen LogP contribution in [0.25, 0.3) is 0 Å². The van der Waals surface area contributed by atoms with Gasteiger partial charge in [-0.05, 0) is 36.4 Å². The maximum atomic E-state index is 12.8. The molecule has 134 valence electrons. The Morgan fingerprint density at radius 3 is 2.62 bits per heavy atom. The van der Waals surface area contributed by atoms with Crippen LogP contribution in [-0.4, -0.2) is 35.8 Å². The van der Waals surface area contributed by atoms with Crippen LogP contribution < -0.4 is 15.5 Å². The zero-order valence-electron chi connectivity index (χ0n) is 13.7. The van der Waals surface area contributed by atoms with Gasteiger partial charge in [-0.1, -0.05) is 12.1 Å². The number of nitrogens with one attached hydrogen (secondary N) is 2. The van der Waals surface area contributed by atoms with Gasteiger partial charge >= 0.3 is 0 Å².